The van der Waals surface area contributed by atoms with Gasteiger partial charge >= 0.3 is 12.3 Å². The van der Waals surface area contributed by atoms with Gasteiger partial charge in [0.1, 0.15) is 5.76 Å². The van der Waals surface area contributed by atoms with Crippen molar-refractivity contribution < 1.29 is 27.6 Å². The second-order valence-corrected chi connectivity index (χ2v) is 6.36. The van der Waals surface area contributed by atoms with Crippen LogP contribution in [-0.2, 0) is 12.6 Å². The van der Waals surface area contributed by atoms with Gasteiger partial charge in [0, 0.05) is 24.6 Å². The summed E-state index contributed by atoms with van der Waals surface area (Å²) >= 11 is 0. The maximum absolute atomic E-state index is 12.7. The van der Waals surface area contributed by atoms with Crippen molar-refractivity contribution in [2.75, 3.05) is 6.54 Å². The quantitative estimate of drug-likeness (QED) is 0.866. The second kappa shape index (κ2) is 6.89. The fourth-order valence-electron chi connectivity index (χ4n) is 3.36. The van der Waals surface area contributed by atoms with Crippen LogP contribution < -0.4 is 5.56 Å². The fraction of sp³-hybridized carbons (Fsp3) is 0.412. The van der Waals surface area contributed by atoms with E-state index in [2.05, 4.69) is 5.16 Å². The van der Waals surface area contributed by atoms with E-state index in [4.69, 9.17) is 4.52 Å². The van der Waals surface area contributed by atoms with Crippen LogP contribution in [0.5, 0.6) is 0 Å². The minimum Gasteiger partial charge on any atom is -0.465 e. The van der Waals surface area contributed by atoms with Crippen LogP contribution in [0.4, 0.5) is 18.0 Å². The molecule has 9 heteroatoms. The van der Waals surface area contributed by atoms with Crippen molar-refractivity contribution in [3.05, 3.63) is 57.6 Å². The number of hydrogen-bond acceptors (Lipinski definition) is 3. The molecule has 2 aromatic rings. The normalized spacial score (nSPS) is 21.0. The molecule has 0 saturated carbocycles. The lowest BCUT2D eigenvalue weighted by molar-refractivity contribution is -0.137. The van der Waals surface area contributed by atoms with Crippen molar-refractivity contribution in [3.8, 4) is 0 Å². The number of aromatic nitrogens is 1. The zero-order chi connectivity index (χ0) is 18.9. The Bertz CT molecular complexity index is 826. The van der Waals surface area contributed by atoms with E-state index in [1.165, 1.54) is 23.1 Å². The van der Waals surface area contributed by atoms with Gasteiger partial charge in [-0.05, 0) is 37.0 Å². The minimum atomic E-state index is -4.41. The number of carbonyl (C=O) groups is 1. The molecule has 2 heterocycles. The number of hydrogen-bond donors (Lipinski definition) is 2. The molecule has 0 unspecified atom stereocenters. The summed E-state index contributed by atoms with van der Waals surface area (Å²) in [7, 11) is 0. The Balaban J connectivity index is 1.77. The van der Waals surface area contributed by atoms with E-state index in [0.29, 0.717) is 24.2 Å². The van der Waals surface area contributed by atoms with Gasteiger partial charge in [-0.1, -0.05) is 12.1 Å². The molecule has 2 N–H and O–H groups in total. The van der Waals surface area contributed by atoms with E-state index >= 15 is 0 Å². The van der Waals surface area contributed by atoms with Gasteiger partial charge in [0.25, 0.3) is 5.56 Å². The Morgan fingerprint density at radius 3 is 2.54 bits per heavy atom. The highest BCUT2D eigenvalue weighted by atomic mass is 19.4. The molecule has 140 valence electrons. The zero-order valence-corrected chi connectivity index (χ0v) is 13.6. The fourth-order valence-corrected chi connectivity index (χ4v) is 3.36. The molecule has 0 aliphatic carbocycles. The first kappa shape index (κ1) is 18.1. The first-order chi connectivity index (χ1) is 12.2. The van der Waals surface area contributed by atoms with Crippen LogP contribution >= 0.6 is 0 Å². The van der Waals surface area contributed by atoms with Gasteiger partial charge in [0.05, 0.1) is 5.56 Å². The van der Waals surface area contributed by atoms with E-state index in [1.54, 1.807) is 0 Å². The summed E-state index contributed by atoms with van der Waals surface area (Å²) in [5.41, 5.74) is -0.489. The van der Waals surface area contributed by atoms with Gasteiger partial charge in [-0.25, -0.2) is 4.79 Å². The smallest absolute Gasteiger partial charge is 0.416 e. The monoisotopic (exact) mass is 370 g/mol. The molecule has 1 saturated heterocycles. The Hall–Kier alpha value is -2.71. The molecule has 0 spiro atoms. The van der Waals surface area contributed by atoms with Crippen molar-refractivity contribution in [3.63, 3.8) is 0 Å². The van der Waals surface area contributed by atoms with E-state index in [9.17, 15) is 27.9 Å². The number of rotatable bonds is 3. The number of nitrogens with one attached hydrogen (secondary N) is 1. The Morgan fingerprint density at radius 2 is 2.00 bits per heavy atom. The van der Waals surface area contributed by atoms with Crippen LogP contribution in [0.1, 0.15) is 35.6 Å². The zero-order valence-electron chi connectivity index (χ0n) is 13.6. The highest BCUT2D eigenvalue weighted by Crippen LogP contribution is 2.33. The summed E-state index contributed by atoms with van der Waals surface area (Å²) in [4.78, 5) is 24.0. The summed E-state index contributed by atoms with van der Waals surface area (Å²) < 4.78 is 43.1. The number of H-pyrrole nitrogens is 1. The number of alkyl halides is 3. The predicted octanol–water partition coefficient (Wildman–Crippen LogP) is 3.46. The van der Waals surface area contributed by atoms with Crippen molar-refractivity contribution in [2.45, 2.75) is 37.4 Å². The summed E-state index contributed by atoms with van der Waals surface area (Å²) in [6.07, 6.45) is -4.26. The second-order valence-electron chi connectivity index (χ2n) is 6.36. The Labute approximate surface area is 146 Å². The summed E-state index contributed by atoms with van der Waals surface area (Å²) in [5.74, 6) is 0.349. The molecular weight excluding hydrogens is 353 g/mol. The lowest BCUT2D eigenvalue weighted by Gasteiger charge is -2.37. The first-order valence-electron chi connectivity index (χ1n) is 8.08. The highest BCUT2D eigenvalue weighted by Gasteiger charge is 2.34. The van der Waals surface area contributed by atoms with Gasteiger partial charge in [0.15, 0.2) is 0 Å². The van der Waals surface area contributed by atoms with Crippen molar-refractivity contribution in [1.82, 2.24) is 10.1 Å². The number of amides is 1. The summed E-state index contributed by atoms with van der Waals surface area (Å²) in [6.45, 7) is 0.264. The van der Waals surface area contributed by atoms with Gasteiger partial charge in [0.2, 0.25) is 0 Å². The number of carboxylic acid groups (broad SMARTS) is 1. The highest BCUT2D eigenvalue weighted by molar-refractivity contribution is 5.65. The molecule has 1 fully saturated rings. The maximum atomic E-state index is 12.7. The van der Waals surface area contributed by atoms with Gasteiger partial charge in [-0.3, -0.25) is 4.79 Å². The van der Waals surface area contributed by atoms with Gasteiger partial charge in [-0.2, -0.15) is 18.3 Å². The lowest BCUT2D eigenvalue weighted by Crippen LogP contribution is -2.46. The molecule has 1 aromatic heterocycles. The molecule has 26 heavy (non-hydrogen) atoms. The molecule has 3 rings (SSSR count). The van der Waals surface area contributed by atoms with Crippen LogP contribution in [-0.4, -0.2) is 33.8 Å². The number of halogens is 3. The molecule has 1 aromatic carbocycles. The lowest BCUT2D eigenvalue weighted by atomic mass is 9.86. The first-order valence-corrected chi connectivity index (χ1v) is 8.08. The number of likely N-dealkylation sites (tertiary alicyclic amines) is 1. The molecule has 1 aliphatic heterocycles. The van der Waals surface area contributed by atoms with Crippen LogP contribution in [0.2, 0.25) is 0 Å². The largest absolute Gasteiger partial charge is 0.465 e. The average Bonchev–Trinajstić information content (AvgIpc) is 3.01. The van der Waals surface area contributed by atoms with E-state index in [-0.39, 0.29) is 24.4 Å². The molecule has 6 nitrogen and oxygen atoms in total. The number of piperidine rings is 1. The summed E-state index contributed by atoms with van der Waals surface area (Å²) in [5, 5.41) is 11.6. The third kappa shape index (κ3) is 3.92. The molecule has 1 aliphatic rings. The third-order valence-corrected chi connectivity index (χ3v) is 4.66. The van der Waals surface area contributed by atoms with Crippen molar-refractivity contribution in [2.24, 2.45) is 0 Å². The SMILES string of the molecule is O=C(O)N1CC[C@@H](c2cc(=O)[nH]o2)C[C@@H]1Cc1ccc(C(F)(F)F)cc1. The summed E-state index contributed by atoms with van der Waals surface area (Å²) in [6, 6.07) is 5.64. The Morgan fingerprint density at radius 1 is 1.31 bits per heavy atom. The molecule has 2 atom stereocenters. The third-order valence-electron chi connectivity index (χ3n) is 4.66. The van der Waals surface area contributed by atoms with Crippen LogP contribution in [0.25, 0.3) is 0 Å². The number of benzene rings is 1. The van der Waals surface area contributed by atoms with Crippen molar-refractivity contribution >= 4 is 6.09 Å². The standard InChI is InChI=1S/C17H17F3N2O4/c18-17(19,20)12-3-1-10(2-4-12)7-13-8-11(5-6-22(13)16(24)25)14-9-15(23)21-26-14/h1-4,9,11,13H,5-8H2,(H,21,23)(H,24,25)/t11-,13+/m1/s1. The molecule has 0 radical (unpaired) electrons. The molecular formula is C17H17F3N2O4. The van der Waals surface area contributed by atoms with Crippen LogP contribution in [0.3, 0.4) is 0 Å². The van der Waals surface area contributed by atoms with E-state index in [1.807, 2.05) is 0 Å². The number of aromatic amines is 1. The van der Waals surface area contributed by atoms with E-state index < -0.39 is 23.9 Å². The predicted molar refractivity (Wildman–Crippen MR) is 85.0 cm³/mol. The van der Waals surface area contributed by atoms with Gasteiger partial charge < -0.3 is 14.5 Å². The number of nitrogens with zero attached hydrogens (tertiary/aromatic N) is 1. The van der Waals surface area contributed by atoms with E-state index in [0.717, 1.165) is 12.1 Å². The van der Waals surface area contributed by atoms with Crippen LogP contribution in [0, 0.1) is 0 Å². The maximum Gasteiger partial charge on any atom is 0.416 e. The van der Waals surface area contributed by atoms with Gasteiger partial charge in [-0.15, -0.1) is 0 Å². The minimum absolute atomic E-state index is 0.121. The molecule has 1 amide bonds. The molecule has 0 bridgehead atoms. The average molecular weight is 370 g/mol. The Kier molecular flexibility index (Phi) is 4.80. The topological polar surface area (TPSA) is 86.5 Å². The van der Waals surface area contributed by atoms with Crippen LogP contribution in [0.15, 0.2) is 39.6 Å². The van der Waals surface area contributed by atoms with Crippen molar-refractivity contribution in [1.29, 1.82) is 0 Å².